The third kappa shape index (κ3) is 7.00. The molecule has 0 aliphatic rings. The number of nitrogens with two attached hydrogens (primary N) is 1. The van der Waals surface area contributed by atoms with E-state index < -0.39 is 16.1 Å². The fourth-order valence-electron chi connectivity index (χ4n) is 1.37. The third-order valence-corrected chi connectivity index (χ3v) is 3.71. The van der Waals surface area contributed by atoms with Crippen LogP contribution in [0.5, 0.6) is 5.75 Å². The highest BCUT2D eigenvalue weighted by Gasteiger charge is 2.10. The Hall–Kier alpha value is -1.31. The van der Waals surface area contributed by atoms with Crippen LogP contribution in [0.3, 0.4) is 0 Å². The highest BCUT2D eigenvalue weighted by Crippen LogP contribution is 2.14. The number of rotatable bonds is 8. The van der Waals surface area contributed by atoms with E-state index in [1.54, 1.807) is 31.2 Å². The second kappa shape index (κ2) is 7.32. The number of nitrogens with one attached hydrogen (secondary N) is 1. The molecule has 0 fully saturated rings. The number of aliphatic hydroxyl groups excluding tert-OH is 1. The van der Waals surface area contributed by atoms with Gasteiger partial charge in [-0.2, -0.15) is 0 Å². The number of hydrogen-bond acceptors (Lipinski definition) is 5. The number of sulfonamides is 1. The van der Waals surface area contributed by atoms with Crippen molar-refractivity contribution >= 4 is 15.7 Å². The Balaban J connectivity index is 2.31. The summed E-state index contributed by atoms with van der Waals surface area (Å²) < 4.78 is 30.8. The molecule has 7 heteroatoms. The summed E-state index contributed by atoms with van der Waals surface area (Å²) in [6.45, 7) is 1.88. The van der Waals surface area contributed by atoms with E-state index in [4.69, 9.17) is 15.6 Å². The van der Waals surface area contributed by atoms with Gasteiger partial charge >= 0.3 is 0 Å². The maximum Gasteiger partial charge on any atom is 0.214 e. The van der Waals surface area contributed by atoms with Crippen molar-refractivity contribution in [1.82, 2.24) is 4.72 Å². The maximum atomic E-state index is 11.6. The predicted octanol–water partition coefficient (Wildman–Crippen LogP) is 0.338. The minimum Gasteiger partial charge on any atom is -0.492 e. The van der Waals surface area contributed by atoms with Gasteiger partial charge in [-0.25, -0.2) is 13.1 Å². The molecular weight excluding hydrogens is 268 g/mol. The number of benzene rings is 1. The molecule has 1 unspecified atom stereocenters. The van der Waals surface area contributed by atoms with E-state index >= 15 is 0 Å². The van der Waals surface area contributed by atoms with Gasteiger partial charge in [0.25, 0.3) is 0 Å². The fourth-order valence-corrected chi connectivity index (χ4v) is 2.24. The SMILES string of the molecule is CC(O)CCNS(=O)(=O)CCOc1cccc(N)c1. The molecule has 1 aromatic carbocycles. The van der Waals surface area contributed by atoms with Crippen LogP contribution in [0.15, 0.2) is 24.3 Å². The summed E-state index contributed by atoms with van der Waals surface area (Å²) in [4.78, 5) is 0. The minimum atomic E-state index is -3.37. The smallest absolute Gasteiger partial charge is 0.214 e. The molecule has 0 amide bonds. The van der Waals surface area contributed by atoms with Gasteiger partial charge in [0.15, 0.2) is 0 Å². The Morgan fingerprint density at radius 2 is 2.21 bits per heavy atom. The lowest BCUT2D eigenvalue weighted by Crippen LogP contribution is -2.31. The molecule has 0 aliphatic carbocycles. The highest BCUT2D eigenvalue weighted by molar-refractivity contribution is 7.89. The monoisotopic (exact) mass is 288 g/mol. The van der Waals surface area contributed by atoms with Crippen LogP contribution in [0.4, 0.5) is 5.69 Å². The van der Waals surface area contributed by atoms with Gasteiger partial charge in [-0.3, -0.25) is 0 Å². The molecular formula is C12H20N2O4S. The summed E-state index contributed by atoms with van der Waals surface area (Å²) in [7, 11) is -3.37. The molecule has 4 N–H and O–H groups in total. The quantitative estimate of drug-likeness (QED) is 0.599. The number of hydrogen-bond donors (Lipinski definition) is 3. The molecule has 1 rings (SSSR count). The van der Waals surface area contributed by atoms with Gasteiger partial charge < -0.3 is 15.6 Å². The van der Waals surface area contributed by atoms with E-state index in [0.29, 0.717) is 17.9 Å². The van der Waals surface area contributed by atoms with Gasteiger partial charge in [-0.05, 0) is 25.5 Å². The Morgan fingerprint density at radius 3 is 2.84 bits per heavy atom. The summed E-state index contributed by atoms with van der Waals surface area (Å²) >= 11 is 0. The van der Waals surface area contributed by atoms with E-state index in [2.05, 4.69) is 4.72 Å². The molecule has 108 valence electrons. The van der Waals surface area contributed by atoms with Crippen molar-refractivity contribution in [3.8, 4) is 5.75 Å². The van der Waals surface area contributed by atoms with E-state index in [9.17, 15) is 8.42 Å². The summed E-state index contributed by atoms with van der Waals surface area (Å²) in [5.41, 5.74) is 6.14. The van der Waals surface area contributed by atoms with Crippen LogP contribution in [0, 0.1) is 0 Å². The zero-order chi connectivity index (χ0) is 14.3. The van der Waals surface area contributed by atoms with Crippen LogP contribution in [0.1, 0.15) is 13.3 Å². The minimum absolute atomic E-state index is 0.0491. The molecule has 0 spiro atoms. The van der Waals surface area contributed by atoms with Gasteiger partial charge in [0.1, 0.15) is 12.4 Å². The summed E-state index contributed by atoms with van der Waals surface area (Å²) in [6.07, 6.45) is -0.138. The summed E-state index contributed by atoms with van der Waals surface area (Å²) in [5.74, 6) is 0.404. The van der Waals surface area contributed by atoms with E-state index in [-0.39, 0.29) is 18.9 Å². The van der Waals surface area contributed by atoms with Crippen molar-refractivity contribution in [3.05, 3.63) is 24.3 Å². The van der Waals surface area contributed by atoms with Crippen molar-refractivity contribution < 1.29 is 18.3 Å². The second-order valence-electron chi connectivity index (χ2n) is 4.27. The Bertz CT molecular complexity index is 488. The van der Waals surface area contributed by atoms with Crippen molar-refractivity contribution in [3.63, 3.8) is 0 Å². The molecule has 0 radical (unpaired) electrons. The number of nitrogen functional groups attached to an aromatic ring is 1. The largest absolute Gasteiger partial charge is 0.492 e. The zero-order valence-corrected chi connectivity index (χ0v) is 11.7. The molecule has 6 nitrogen and oxygen atoms in total. The molecule has 1 aromatic rings. The first-order chi connectivity index (χ1) is 8.89. The maximum absolute atomic E-state index is 11.6. The van der Waals surface area contributed by atoms with Crippen molar-refractivity contribution in [2.24, 2.45) is 0 Å². The summed E-state index contributed by atoms with van der Waals surface area (Å²) in [5, 5.41) is 9.03. The van der Waals surface area contributed by atoms with E-state index in [1.807, 2.05) is 0 Å². The molecule has 0 aliphatic heterocycles. The van der Waals surface area contributed by atoms with Gasteiger partial charge in [-0.1, -0.05) is 6.07 Å². The van der Waals surface area contributed by atoms with Crippen molar-refractivity contribution in [1.29, 1.82) is 0 Å². The zero-order valence-electron chi connectivity index (χ0n) is 10.9. The first kappa shape index (κ1) is 15.7. The van der Waals surface area contributed by atoms with Crippen molar-refractivity contribution in [2.75, 3.05) is 24.6 Å². The van der Waals surface area contributed by atoms with E-state index in [0.717, 1.165) is 0 Å². The fraction of sp³-hybridized carbons (Fsp3) is 0.500. The van der Waals surface area contributed by atoms with Crippen LogP contribution < -0.4 is 15.2 Å². The van der Waals surface area contributed by atoms with E-state index in [1.165, 1.54) is 0 Å². The normalized spacial score (nSPS) is 13.2. The van der Waals surface area contributed by atoms with Crippen LogP contribution in [0.25, 0.3) is 0 Å². The molecule has 0 heterocycles. The number of aliphatic hydroxyl groups is 1. The Kier molecular flexibility index (Phi) is 6.07. The number of ether oxygens (including phenoxy) is 1. The molecule has 0 saturated carbocycles. The predicted molar refractivity (Wildman–Crippen MR) is 74.4 cm³/mol. The highest BCUT2D eigenvalue weighted by atomic mass is 32.2. The third-order valence-electron chi connectivity index (χ3n) is 2.36. The molecule has 19 heavy (non-hydrogen) atoms. The molecule has 1 atom stereocenters. The summed E-state index contributed by atoms with van der Waals surface area (Å²) in [6, 6.07) is 6.80. The van der Waals surface area contributed by atoms with Gasteiger partial charge in [0, 0.05) is 18.3 Å². The van der Waals surface area contributed by atoms with Crippen LogP contribution in [0.2, 0.25) is 0 Å². The lowest BCUT2D eigenvalue weighted by Gasteiger charge is -2.09. The standard InChI is InChI=1S/C12H20N2O4S/c1-10(15)5-6-14-19(16,17)8-7-18-12-4-2-3-11(13)9-12/h2-4,9-10,14-15H,5-8,13H2,1H3. The molecule has 0 saturated heterocycles. The van der Waals surface area contributed by atoms with Crippen molar-refractivity contribution in [2.45, 2.75) is 19.4 Å². The van der Waals surface area contributed by atoms with Gasteiger partial charge in [0.2, 0.25) is 10.0 Å². The molecule has 0 aromatic heterocycles. The Morgan fingerprint density at radius 1 is 1.47 bits per heavy atom. The average Bonchev–Trinajstić information content (AvgIpc) is 2.27. The van der Waals surface area contributed by atoms with Gasteiger partial charge in [-0.15, -0.1) is 0 Å². The molecule has 0 bridgehead atoms. The average molecular weight is 288 g/mol. The van der Waals surface area contributed by atoms with Gasteiger partial charge in [0.05, 0.1) is 11.9 Å². The van der Waals surface area contributed by atoms with Crippen LogP contribution in [-0.4, -0.2) is 38.5 Å². The second-order valence-corrected chi connectivity index (χ2v) is 6.20. The first-order valence-electron chi connectivity index (χ1n) is 6.03. The lowest BCUT2D eigenvalue weighted by atomic mass is 10.3. The topological polar surface area (TPSA) is 102 Å². The lowest BCUT2D eigenvalue weighted by molar-refractivity contribution is 0.186. The Labute approximate surface area is 113 Å². The number of anilines is 1. The van der Waals surface area contributed by atoms with Crippen LogP contribution >= 0.6 is 0 Å². The first-order valence-corrected chi connectivity index (χ1v) is 7.68. The van der Waals surface area contributed by atoms with Crippen LogP contribution in [-0.2, 0) is 10.0 Å².